The first-order valence-corrected chi connectivity index (χ1v) is 15.1. The molecule has 0 spiro atoms. The second kappa shape index (κ2) is 22.4. The number of rotatable bonds is 9. The van der Waals surface area contributed by atoms with Gasteiger partial charge in [0.1, 0.15) is 17.3 Å². The van der Waals surface area contributed by atoms with Gasteiger partial charge in [-0.1, -0.05) is 40.0 Å². The van der Waals surface area contributed by atoms with Crippen LogP contribution in [0.25, 0.3) is 0 Å². The van der Waals surface area contributed by atoms with Gasteiger partial charge in [0.15, 0.2) is 17.5 Å². The summed E-state index contributed by atoms with van der Waals surface area (Å²) in [4.78, 5) is 0. The Balaban J connectivity index is 0. The van der Waals surface area contributed by atoms with Gasteiger partial charge in [0.25, 0.3) is 0 Å². The molecule has 32 heavy (non-hydrogen) atoms. The van der Waals surface area contributed by atoms with Gasteiger partial charge in [-0.25, -0.2) is 13.2 Å². The SMILES string of the molecule is CCCC[S+](CCCC)CCCC.Fc1c(C#CI)c(F)c(C#CI)c(F)c1C#CI.[I-]. The molecular weight excluding hydrogens is 885 g/mol. The minimum absolute atomic E-state index is 0. The van der Waals surface area contributed by atoms with Gasteiger partial charge in [-0.15, -0.1) is 0 Å². The fourth-order valence-electron chi connectivity index (χ4n) is 2.49. The Morgan fingerprint density at radius 1 is 0.594 bits per heavy atom. The normalized spacial score (nSPS) is 9.19. The van der Waals surface area contributed by atoms with Crippen molar-refractivity contribution >= 4 is 78.7 Å². The van der Waals surface area contributed by atoms with Crippen LogP contribution in [0, 0.1) is 47.0 Å². The van der Waals surface area contributed by atoms with Crippen LogP contribution in [0.5, 0.6) is 0 Å². The lowest BCUT2D eigenvalue weighted by Crippen LogP contribution is -3.00. The molecule has 8 heteroatoms. The van der Waals surface area contributed by atoms with Crippen molar-refractivity contribution in [2.24, 2.45) is 0 Å². The van der Waals surface area contributed by atoms with E-state index in [9.17, 15) is 13.2 Å². The number of hydrogen-bond acceptors (Lipinski definition) is 0. The molecule has 0 atom stereocenters. The summed E-state index contributed by atoms with van der Waals surface area (Å²) in [6.45, 7) is 6.92. The van der Waals surface area contributed by atoms with E-state index in [4.69, 9.17) is 0 Å². The molecule has 178 valence electrons. The largest absolute Gasteiger partial charge is 1.00 e. The van der Waals surface area contributed by atoms with Crippen molar-refractivity contribution in [2.75, 3.05) is 17.3 Å². The van der Waals surface area contributed by atoms with Crippen molar-refractivity contribution in [3.05, 3.63) is 34.1 Å². The van der Waals surface area contributed by atoms with E-state index in [1.54, 1.807) is 67.8 Å². The van der Waals surface area contributed by atoms with E-state index in [1.165, 1.54) is 55.8 Å². The smallest absolute Gasteiger partial charge is 0.160 e. The van der Waals surface area contributed by atoms with E-state index < -0.39 is 34.1 Å². The van der Waals surface area contributed by atoms with Crippen molar-refractivity contribution in [1.82, 2.24) is 0 Å². The molecule has 0 aliphatic heterocycles. The quantitative estimate of drug-likeness (QED) is 0.179. The molecule has 0 N–H and O–H groups in total. The lowest BCUT2D eigenvalue weighted by atomic mass is 10.0. The molecule has 0 aromatic heterocycles. The van der Waals surface area contributed by atoms with Gasteiger partial charge in [0.05, 0.1) is 16.7 Å². The number of benzene rings is 1. The first kappa shape index (κ1) is 35.1. The van der Waals surface area contributed by atoms with Crippen LogP contribution in [0.2, 0.25) is 0 Å². The topological polar surface area (TPSA) is 0 Å². The molecule has 0 amide bonds. The summed E-state index contributed by atoms with van der Waals surface area (Å²) >= 11 is 4.91. The van der Waals surface area contributed by atoms with E-state index in [0.29, 0.717) is 0 Å². The fourth-order valence-corrected chi connectivity index (χ4v) is 6.00. The average Bonchev–Trinajstić information content (AvgIpc) is 2.77. The lowest BCUT2D eigenvalue weighted by molar-refractivity contribution is -0.00000787. The Morgan fingerprint density at radius 2 is 0.844 bits per heavy atom. The first-order chi connectivity index (χ1) is 14.9. The van der Waals surface area contributed by atoms with Gasteiger partial charge in [-0.2, -0.15) is 0 Å². The van der Waals surface area contributed by atoms with E-state index in [0.717, 1.165) is 10.9 Å². The second-order valence-electron chi connectivity index (χ2n) is 6.51. The van der Waals surface area contributed by atoms with E-state index >= 15 is 0 Å². The fraction of sp³-hybridized carbons (Fsp3) is 0.500. The molecule has 0 saturated heterocycles. The minimum Gasteiger partial charge on any atom is -1.00 e. The summed E-state index contributed by atoms with van der Waals surface area (Å²) < 4.78 is 48.6. The van der Waals surface area contributed by atoms with Gasteiger partial charge in [0, 0.05) is 67.8 Å². The summed E-state index contributed by atoms with van der Waals surface area (Å²) in [6, 6.07) is 0. The minimum atomic E-state index is -1.10. The molecule has 0 saturated carbocycles. The third-order valence-corrected chi connectivity index (χ3v) is 7.60. The summed E-state index contributed by atoms with van der Waals surface area (Å²) in [6.07, 6.45) is 8.49. The van der Waals surface area contributed by atoms with Crippen molar-refractivity contribution < 1.29 is 37.1 Å². The van der Waals surface area contributed by atoms with Gasteiger partial charge in [-0.3, -0.25) is 0 Å². The van der Waals surface area contributed by atoms with E-state index in [-0.39, 0.29) is 24.0 Å². The zero-order valence-electron chi connectivity index (χ0n) is 18.4. The van der Waals surface area contributed by atoms with Gasteiger partial charge in [-0.05, 0) is 59.7 Å². The van der Waals surface area contributed by atoms with Crippen molar-refractivity contribution in [1.29, 1.82) is 0 Å². The molecule has 0 radical (unpaired) electrons. The third-order valence-electron chi connectivity index (χ3n) is 4.19. The molecule has 1 aromatic carbocycles. The first-order valence-electron chi connectivity index (χ1n) is 10.1. The maximum Gasteiger partial charge on any atom is 0.160 e. The molecule has 1 aromatic rings. The van der Waals surface area contributed by atoms with E-state index in [1.807, 2.05) is 0 Å². The Morgan fingerprint density at radius 3 is 1.03 bits per heavy atom. The van der Waals surface area contributed by atoms with Gasteiger partial charge >= 0.3 is 0 Å². The molecule has 0 bridgehead atoms. The van der Waals surface area contributed by atoms with Crippen LogP contribution in [0.1, 0.15) is 76.0 Å². The van der Waals surface area contributed by atoms with Crippen LogP contribution in [0.3, 0.4) is 0 Å². The van der Waals surface area contributed by atoms with Crippen molar-refractivity contribution in [3.63, 3.8) is 0 Å². The third kappa shape index (κ3) is 13.2. The maximum atomic E-state index is 13.8. The molecular formula is C24H27F3I4S. The number of unbranched alkanes of at least 4 members (excludes halogenated alkanes) is 3. The standard InChI is InChI=1S/C12F3I3.C12H27S.HI/c13-10-7(1-4-16)11(14)9(3-6-18)12(15)8(10)2-5-17;1-4-7-10-13(11-8-5-2)12-9-6-3;/h;4-12H2,1-3H3;1H/q;+1;/p-1. The molecule has 0 unspecified atom stereocenters. The Kier molecular flexibility index (Phi) is 24.6. The van der Waals surface area contributed by atoms with Crippen LogP contribution >= 0.6 is 67.8 Å². The predicted octanol–water partition coefficient (Wildman–Crippen LogP) is 5.34. The highest BCUT2D eigenvalue weighted by atomic mass is 127. The summed E-state index contributed by atoms with van der Waals surface area (Å²) in [5, 5.41) is 0. The van der Waals surface area contributed by atoms with Crippen LogP contribution in [-0.2, 0) is 10.9 Å². The highest BCUT2D eigenvalue weighted by Crippen LogP contribution is 2.24. The molecule has 0 fully saturated rings. The number of halogens is 7. The van der Waals surface area contributed by atoms with Crippen molar-refractivity contribution in [3.8, 4) is 29.5 Å². The van der Waals surface area contributed by atoms with Crippen LogP contribution in [-0.4, -0.2) is 17.3 Å². The van der Waals surface area contributed by atoms with Crippen LogP contribution < -0.4 is 24.0 Å². The van der Waals surface area contributed by atoms with Crippen molar-refractivity contribution in [2.45, 2.75) is 59.3 Å². The molecule has 1 rings (SSSR count). The molecule has 0 aliphatic carbocycles. The zero-order chi connectivity index (χ0) is 23.6. The summed E-state index contributed by atoms with van der Waals surface area (Å²) in [5.41, 5.74) is -1.56. The Hall–Kier alpha value is 0.960. The second-order valence-corrected chi connectivity index (χ2v) is 10.6. The average molecular weight is 912 g/mol. The zero-order valence-corrected chi connectivity index (χ0v) is 27.9. The summed E-state index contributed by atoms with van der Waals surface area (Å²) in [7, 11) is 0.776. The maximum absolute atomic E-state index is 13.8. The highest BCUT2D eigenvalue weighted by molar-refractivity contribution is 14.1. The summed E-state index contributed by atoms with van der Waals surface area (Å²) in [5.74, 6) is 7.98. The Bertz CT molecular complexity index is 736. The molecule has 0 heterocycles. The lowest BCUT2D eigenvalue weighted by Gasteiger charge is -2.07. The Labute approximate surface area is 253 Å². The monoisotopic (exact) mass is 912 g/mol. The van der Waals surface area contributed by atoms with Crippen LogP contribution in [0.15, 0.2) is 0 Å². The van der Waals surface area contributed by atoms with Crippen LogP contribution in [0.4, 0.5) is 13.2 Å². The number of hydrogen-bond donors (Lipinski definition) is 0. The molecule has 0 nitrogen and oxygen atoms in total. The predicted molar refractivity (Wildman–Crippen MR) is 156 cm³/mol. The highest BCUT2D eigenvalue weighted by Gasteiger charge is 2.22. The van der Waals surface area contributed by atoms with Gasteiger partial charge < -0.3 is 24.0 Å². The van der Waals surface area contributed by atoms with Gasteiger partial charge in [0.2, 0.25) is 0 Å². The molecule has 0 aliphatic rings. The van der Waals surface area contributed by atoms with E-state index in [2.05, 4.69) is 50.3 Å².